The van der Waals surface area contributed by atoms with Crippen LogP contribution in [0.25, 0.3) is 42.8 Å². The first-order chi connectivity index (χ1) is 14.1. The number of nitrogens with zero attached hydrogens (tertiary/aromatic N) is 11. The Morgan fingerprint density at radius 3 is 1.31 bits per heavy atom. The van der Waals surface area contributed by atoms with Gasteiger partial charge in [-0.1, -0.05) is 13.1 Å². The van der Waals surface area contributed by atoms with Crippen LogP contribution in [0.1, 0.15) is 22.8 Å². The minimum absolute atomic E-state index is 0.0407. The zero-order chi connectivity index (χ0) is 20.7. The minimum atomic E-state index is -0.253. The highest BCUT2D eigenvalue weighted by Crippen LogP contribution is 2.33. The first-order valence-electron chi connectivity index (χ1n) is 7.75. The molecule has 0 saturated carbocycles. The van der Waals surface area contributed by atoms with Gasteiger partial charge in [-0.05, 0) is 6.92 Å². The van der Waals surface area contributed by atoms with E-state index < -0.39 is 0 Å². The van der Waals surface area contributed by atoms with Gasteiger partial charge in [0.05, 0.1) is 5.69 Å². The highest BCUT2D eigenvalue weighted by molar-refractivity contribution is 6.18. The van der Waals surface area contributed by atoms with Crippen molar-refractivity contribution in [3.63, 3.8) is 0 Å². The van der Waals surface area contributed by atoms with E-state index in [2.05, 4.69) is 39.6 Å². The van der Waals surface area contributed by atoms with E-state index in [4.69, 9.17) is 13.1 Å². The average Bonchev–Trinajstić information content (AvgIpc) is 2.76. The van der Waals surface area contributed by atoms with Crippen LogP contribution in [0.3, 0.4) is 0 Å². The molecule has 11 nitrogen and oxygen atoms in total. The Hall–Kier alpha value is -5.31. The van der Waals surface area contributed by atoms with Gasteiger partial charge in [-0.15, -0.1) is 9.97 Å². The molecular formula is C18H3N11. The van der Waals surface area contributed by atoms with Crippen LogP contribution in [0.2, 0.25) is 0 Å². The third kappa shape index (κ3) is 2.32. The maximum Gasteiger partial charge on any atom is 0.307 e. The molecule has 29 heavy (non-hydrogen) atoms. The second kappa shape index (κ2) is 6.14. The zero-order valence-electron chi connectivity index (χ0n) is 14.4. The Kier molecular flexibility index (Phi) is 3.63. The SMILES string of the molecule is [C-]#[N+]c1nc2c(nc1C#N)c1nc(C)c(C#N)nc1c1nc(C#N)c([N+]#[C-])nc12. The van der Waals surface area contributed by atoms with Crippen molar-refractivity contribution in [3.8, 4) is 18.2 Å². The van der Waals surface area contributed by atoms with Crippen molar-refractivity contribution >= 4 is 44.7 Å². The fourth-order valence-corrected chi connectivity index (χ4v) is 2.77. The number of nitriles is 3. The Balaban J connectivity index is 2.41. The van der Waals surface area contributed by atoms with Gasteiger partial charge in [-0.25, -0.2) is 19.9 Å². The van der Waals surface area contributed by atoms with E-state index >= 15 is 0 Å². The first-order valence-corrected chi connectivity index (χ1v) is 7.75. The highest BCUT2D eigenvalue weighted by atomic mass is 15.0. The molecule has 0 N–H and O–H groups in total. The molecule has 0 spiro atoms. The second-order valence-corrected chi connectivity index (χ2v) is 5.60. The van der Waals surface area contributed by atoms with Gasteiger partial charge in [0.25, 0.3) is 0 Å². The summed E-state index contributed by atoms with van der Waals surface area (Å²) in [6.07, 6.45) is 0. The van der Waals surface area contributed by atoms with Gasteiger partial charge in [0.1, 0.15) is 40.3 Å². The van der Waals surface area contributed by atoms with Crippen molar-refractivity contribution in [3.05, 3.63) is 45.6 Å². The van der Waals surface area contributed by atoms with E-state index in [-0.39, 0.29) is 61.8 Å². The van der Waals surface area contributed by atoms with Gasteiger partial charge < -0.3 is 9.69 Å². The maximum atomic E-state index is 9.31. The van der Waals surface area contributed by atoms with Gasteiger partial charge in [-0.2, -0.15) is 15.8 Å². The molecule has 0 aliphatic carbocycles. The van der Waals surface area contributed by atoms with Gasteiger partial charge >= 0.3 is 11.6 Å². The van der Waals surface area contributed by atoms with Crippen LogP contribution in [0.15, 0.2) is 0 Å². The summed E-state index contributed by atoms with van der Waals surface area (Å²) >= 11 is 0. The van der Waals surface area contributed by atoms with Crippen molar-refractivity contribution in [2.45, 2.75) is 6.92 Å². The summed E-state index contributed by atoms with van der Waals surface area (Å²) in [5.41, 5.74) is 0.647. The number of hydrogen-bond acceptors (Lipinski definition) is 9. The number of aromatic nitrogens is 6. The van der Waals surface area contributed by atoms with Gasteiger partial charge in [-0.3, -0.25) is 0 Å². The lowest BCUT2D eigenvalue weighted by Crippen LogP contribution is -2.02. The molecule has 11 heteroatoms. The van der Waals surface area contributed by atoms with E-state index in [0.717, 1.165) is 0 Å². The van der Waals surface area contributed by atoms with Gasteiger partial charge in [0, 0.05) is 0 Å². The third-order valence-electron chi connectivity index (χ3n) is 4.03. The van der Waals surface area contributed by atoms with Crippen LogP contribution in [0.4, 0.5) is 11.6 Å². The van der Waals surface area contributed by atoms with Crippen molar-refractivity contribution < 1.29 is 0 Å². The molecule has 0 saturated heterocycles. The molecule has 0 aliphatic rings. The monoisotopic (exact) mass is 373 g/mol. The summed E-state index contributed by atoms with van der Waals surface area (Å²) in [6, 6.07) is 5.55. The molecule has 0 unspecified atom stereocenters. The van der Waals surface area contributed by atoms with Crippen molar-refractivity contribution in [1.29, 1.82) is 15.8 Å². The topological polar surface area (TPSA) is 157 Å². The molecule has 4 aromatic rings. The normalized spacial score (nSPS) is 10.1. The molecule has 3 aromatic heterocycles. The van der Waals surface area contributed by atoms with E-state index in [1.165, 1.54) is 0 Å². The molecule has 4 rings (SSSR count). The lowest BCUT2D eigenvalue weighted by atomic mass is 10.1. The predicted molar refractivity (Wildman–Crippen MR) is 97.1 cm³/mol. The molecule has 0 radical (unpaired) electrons. The fourth-order valence-electron chi connectivity index (χ4n) is 2.77. The Morgan fingerprint density at radius 1 is 0.586 bits per heavy atom. The molecule has 0 fully saturated rings. The van der Waals surface area contributed by atoms with Crippen LogP contribution in [0.5, 0.6) is 0 Å². The smallest absolute Gasteiger partial charge is 0.307 e. The van der Waals surface area contributed by atoms with Crippen molar-refractivity contribution in [2.24, 2.45) is 0 Å². The van der Waals surface area contributed by atoms with Crippen LogP contribution in [0, 0.1) is 54.1 Å². The molecule has 3 heterocycles. The molecule has 0 bridgehead atoms. The Bertz CT molecular complexity index is 1570. The largest absolute Gasteiger partial charge is 0.358 e. The molecule has 0 amide bonds. The summed E-state index contributed by atoms with van der Waals surface area (Å²) in [5, 5.41) is 27.9. The molecule has 0 atom stereocenters. The summed E-state index contributed by atoms with van der Waals surface area (Å²) in [5.74, 6) is -0.494. The third-order valence-corrected chi connectivity index (χ3v) is 4.03. The summed E-state index contributed by atoms with van der Waals surface area (Å²) in [4.78, 5) is 31.8. The van der Waals surface area contributed by atoms with Crippen LogP contribution in [-0.2, 0) is 0 Å². The zero-order valence-corrected chi connectivity index (χ0v) is 14.4. The number of hydrogen-bond donors (Lipinski definition) is 0. The predicted octanol–water partition coefficient (Wildman–Crippen LogP) is 2.54. The van der Waals surface area contributed by atoms with Crippen molar-refractivity contribution in [1.82, 2.24) is 29.9 Å². The minimum Gasteiger partial charge on any atom is -0.358 e. The fraction of sp³-hybridized carbons (Fsp3) is 0.0556. The number of benzene rings is 1. The van der Waals surface area contributed by atoms with Crippen LogP contribution < -0.4 is 0 Å². The molecule has 0 aliphatic heterocycles. The van der Waals surface area contributed by atoms with E-state index in [0.29, 0.717) is 5.69 Å². The number of aryl methyl sites for hydroxylation is 1. The number of rotatable bonds is 0. The molecule has 1 aromatic carbocycles. The lowest BCUT2D eigenvalue weighted by molar-refractivity contribution is 1.14. The summed E-state index contributed by atoms with van der Waals surface area (Å²) in [6.45, 7) is 16.1. The quantitative estimate of drug-likeness (QED) is 0.333. The second-order valence-electron chi connectivity index (χ2n) is 5.60. The van der Waals surface area contributed by atoms with Crippen molar-refractivity contribution in [2.75, 3.05) is 0 Å². The maximum absolute atomic E-state index is 9.31. The number of fused-ring (bicyclic) bond motifs is 6. The van der Waals surface area contributed by atoms with E-state index in [1.54, 1.807) is 13.0 Å². The van der Waals surface area contributed by atoms with Crippen LogP contribution in [-0.4, -0.2) is 29.9 Å². The Morgan fingerprint density at radius 2 is 0.931 bits per heavy atom. The summed E-state index contributed by atoms with van der Waals surface area (Å²) < 4.78 is 0. The average molecular weight is 373 g/mol. The molecular weight excluding hydrogens is 370 g/mol. The standard InChI is InChI=1S/C18H3N11/c1-7-8(4-19)25-12-11(24-7)13-15(28-17(22-2)9(5-20)26-13)16-14(12)27-10(6-21)18(23-3)29-16/h1H3. The highest BCUT2D eigenvalue weighted by Gasteiger charge is 2.25. The van der Waals surface area contributed by atoms with Gasteiger partial charge in [0.15, 0.2) is 17.1 Å². The van der Waals surface area contributed by atoms with E-state index in [1.807, 2.05) is 12.1 Å². The Labute approximate surface area is 161 Å². The van der Waals surface area contributed by atoms with Gasteiger partial charge in [0.2, 0.25) is 11.0 Å². The van der Waals surface area contributed by atoms with Crippen LogP contribution >= 0.6 is 0 Å². The lowest BCUT2D eigenvalue weighted by Gasteiger charge is -2.06. The summed E-state index contributed by atoms with van der Waals surface area (Å²) in [7, 11) is 0. The first kappa shape index (κ1) is 17.1. The van der Waals surface area contributed by atoms with E-state index in [9.17, 15) is 15.8 Å². The molecule has 130 valence electrons.